The first-order valence-electron chi connectivity index (χ1n) is 7.90. The first kappa shape index (κ1) is 15.8. The van der Waals surface area contributed by atoms with E-state index in [9.17, 15) is 0 Å². The van der Waals surface area contributed by atoms with Crippen molar-refractivity contribution in [1.29, 1.82) is 0 Å². The molecule has 0 amide bonds. The number of hydrogen-bond acceptors (Lipinski definition) is 2. The van der Waals surface area contributed by atoms with E-state index in [1.54, 1.807) is 0 Å². The van der Waals surface area contributed by atoms with Crippen molar-refractivity contribution in [2.24, 2.45) is 0 Å². The fourth-order valence-corrected chi connectivity index (χ4v) is 3.18. The summed E-state index contributed by atoms with van der Waals surface area (Å²) >= 11 is 6.02. The van der Waals surface area contributed by atoms with E-state index in [4.69, 9.17) is 11.6 Å². The number of halogens is 1. The van der Waals surface area contributed by atoms with Gasteiger partial charge in [-0.3, -0.25) is 0 Å². The van der Waals surface area contributed by atoms with Gasteiger partial charge in [-0.05, 0) is 37.6 Å². The molecule has 2 rings (SSSR count). The molecule has 1 aromatic carbocycles. The zero-order chi connectivity index (χ0) is 14.2. The monoisotopic (exact) mass is 294 g/mol. The minimum absolute atomic E-state index is 0.747. The number of rotatable bonds is 6. The summed E-state index contributed by atoms with van der Waals surface area (Å²) in [5.41, 5.74) is 1.29. The van der Waals surface area contributed by atoms with E-state index in [0.717, 1.165) is 30.7 Å². The molecule has 1 fully saturated rings. The molecule has 1 saturated carbocycles. The maximum atomic E-state index is 6.02. The lowest BCUT2D eigenvalue weighted by Gasteiger charge is -2.20. The van der Waals surface area contributed by atoms with E-state index in [-0.39, 0.29) is 0 Å². The van der Waals surface area contributed by atoms with Gasteiger partial charge in [0.05, 0.1) is 0 Å². The zero-order valence-corrected chi connectivity index (χ0v) is 13.3. The Balaban J connectivity index is 1.65. The van der Waals surface area contributed by atoms with Gasteiger partial charge >= 0.3 is 0 Å². The van der Waals surface area contributed by atoms with Gasteiger partial charge < -0.3 is 10.2 Å². The Morgan fingerprint density at radius 3 is 2.65 bits per heavy atom. The lowest BCUT2D eigenvalue weighted by atomic mass is 10.1. The molecule has 20 heavy (non-hydrogen) atoms. The lowest BCUT2D eigenvalue weighted by Crippen LogP contribution is -2.35. The lowest BCUT2D eigenvalue weighted by molar-refractivity contribution is 0.312. The summed E-state index contributed by atoms with van der Waals surface area (Å²) in [5.74, 6) is 0. The molecule has 0 bridgehead atoms. The van der Waals surface area contributed by atoms with Crippen molar-refractivity contribution >= 4 is 11.6 Å². The van der Waals surface area contributed by atoms with Crippen molar-refractivity contribution in [3.8, 4) is 0 Å². The quantitative estimate of drug-likeness (QED) is 0.795. The first-order valence-corrected chi connectivity index (χ1v) is 8.28. The van der Waals surface area contributed by atoms with E-state index in [1.807, 2.05) is 12.1 Å². The summed E-state index contributed by atoms with van der Waals surface area (Å²) in [6.07, 6.45) is 8.36. The van der Waals surface area contributed by atoms with Crippen LogP contribution in [0.4, 0.5) is 0 Å². The van der Waals surface area contributed by atoms with Crippen molar-refractivity contribution in [1.82, 2.24) is 10.2 Å². The van der Waals surface area contributed by atoms with Crippen molar-refractivity contribution in [2.75, 3.05) is 20.1 Å². The second-order valence-corrected chi connectivity index (χ2v) is 6.45. The molecule has 1 N–H and O–H groups in total. The van der Waals surface area contributed by atoms with E-state index < -0.39 is 0 Å². The molecule has 0 radical (unpaired) electrons. The third-order valence-electron chi connectivity index (χ3n) is 4.12. The van der Waals surface area contributed by atoms with Crippen LogP contribution in [0.15, 0.2) is 24.3 Å². The number of benzene rings is 1. The molecule has 2 nitrogen and oxygen atoms in total. The highest BCUT2D eigenvalue weighted by Crippen LogP contribution is 2.17. The predicted octanol–water partition coefficient (Wildman–Crippen LogP) is 4.08. The van der Waals surface area contributed by atoms with Crippen LogP contribution in [0.25, 0.3) is 0 Å². The second kappa shape index (κ2) is 8.66. The van der Waals surface area contributed by atoms with Crippen molar-refractivity contribution in [3.63, 3.8) is 0 Å². The normalized spacial score (nSPS) is 17.4. The summed E-state index contributed by atoms with van der Waals surface area (Å²) in [6.45, 7) is 3.14. The van der Waals surface area contributed by atoms with E-state index in [2.05, 4.69) is 29.4 Å². The van der Waals surface area contributed by atoms with Crippen molar-refractivity contribution in [3.05, 3.63) is 34.9 Å². The predicted molar refractivity (Wildman–Crippen MR) is 87.3 cm³/mol. The van der Waals surface area contributed by atoms with E-state index >= 15 is 0 Å². The SMILES string of the molecule is CN(CCNC1CCCCCC1)Cc1cccc(Cl)c1. The Kier molecular flexibility index (Phi) is 6.85. The maximum Gasteiger partial charge on any atom is 0.0409 e. The highest BCUT2D eigenvalue weighted by molar-refractivity contribution is 6.30. The molecule has 0 saturated heterocycles. The highest BCUT2D eigenvalue weighted by atomic mass is 35.5. The van der Waals surface area contributed by atoms with Crippen LogP contribution in [-0.4, -0.2) is 31.1 Å². The summed E-state index contributed by atoms with van der Waals surface area (Å²) < 4.78 is 0. The van der Waals surface area contributed by atoms with Crippen LogP contribution in [0.5, 0.6) is 0 Å². The molecule has 1 aliphatic rings. The summed E-state index contributed by atoms with van der Waals surface area (Å²) in [7, 11) is 2.18. The van der Waals surface area contributed by atoms with Gasteiger partial charge in [0.25, 0.3) is 0 Å². The van der Waals surface area contributed by atoms with Gasteiger partial charge in [-0.25, -0.2) is 0 Å². The summed E-state index contributed by atoms with van der Waals surface area (Å²) in [5, 5.41) is 4.55. The van der Waals surface area contributed by atoms with Gasteiger partial charge in [0, 0.05) is 30.7 Å². The molecule has 0 spiro atoms. The van der Waals surface area contributed by atoms with E-state index in [0.29, 0.717) is 0 Å². The van der Waals surface area contributed by atoms with Crippen molar-refractivity contribution < 1.29 is 0 Å². The zero-order valence-electron chi connectivity index (χ0n) is 12.6. The first-order chi connectivity index (χ1) is 9.74. The Morgan fingerprint density at radius 1 is 1.20 bits per heavy atom. The van der Waals surface area contributed by atoms with Gasteiger partial charge in [0.15, 0.2) is 0 Å². The fraction of sp³-hybridized carbons (Fsp3) is 0.647. The minimum atomic E-state index is 0.747. The number of nitrogens with one attached hydrogen (secondary N) is 1. The number of hydrogen-bond donors (Lipinski definition) is 1. The number of likely N-dealkylation sites (N-methyl/N-ethyl adjacent to an activating group) is 1. The summed E-state index contributed by atoms with van der Waals surface area (Å²) in [4.78, 5) is 2.36. The van der Waals surface area contributed by atoms with Gasteiger partial charge in [-0.1, -0.05) is 49.4 Å². The summed E-state index contributed by atoms with van der Waals surface area (Å²) in [6, 6.07) is 8.89. The van der Waals surface area contributed by atoms with Gasteiger partial charge in [-0.2, -0.15) is 0 Å². The molecule has 112 valence electrons. The van der Waals surface area contributed by atoms with Gasteiger partial charge in [0.2, 0.25) is 0 Å². The minimum Gasteiger partial charge on any atom is -0.313 e. The Bertz CT molecular complexity index is 386. The third-order valence-corrected chi connectivity index (χ3v) is 4.36. The van der Waals surface area contributed by atoms with Crippen LogP contribution in [0.2, 0.25) is 5.02 Å². The molecular weight excluding hydrogens is 268 g/mol. The van der Waals surface area contributed by atoms with Gasteiger partial charge in [-0.15, -0.1) is 0 Å². The molecule has 1 aliphatic carbocycles. The van der Waals surface area contributed by atoms with E-state index in [1.165, 1.54) is 44.1 Å². The van der Waals surface area contributed by atoms with Crippen LogP contribution in [-0.2, 0) is 6.54 Å². The molecule has 0 aromatic heterocycles. The Morgan fingerprint density at radius 2 is 1.95 bits per heavy atom. The Hall–Kier alpha value is -0.570. The molecular formula is C17H27ClN2. The van der Waals surface area contributed by atoms with Crippen LogP contribution < -0.4 is 5.32 Å². The highest BCUT2D eigenvalue weighted by Gasteiger charge is 2.11. The number of nitrogens with zero attached hydrogens (tertiary/aromatic N) is 1. The standard InChI is InChI=1S/C17H27ClN2/c1-20(14-15-7-6-8-16(18)13-15)12-11-19-17-9-4-2-3-5-10-17/h6-8,13,17,19H,2-5,9-12,14H2,1H3. The smallest absolute Gasteiger partial charge is 0.0409 e. The molecule has 0 atom stereocenters. The van der Waals surface area contributed by atoms with Crippen LogP contribution in [0, 0.1) is 0 Å². The average molecular weight is 295 g/mol. The molecule has 0 heterocycles. The maximum absolute atomic E-state index is 6.02. The topological polar surface area (TPSA) is 15.3 Å². The fourth-order valence-electron chi connectivity index (χ4n) is 2.97. The van der Waals surface area contributed by atoms with Crippen LogP contribution >= 0.6 is 11.6 Å². The average Bonchev–Trinajstić information content (AvgIpc) is 2.67. The molecule has 3 heteroatoms. The Labute approximate surface area is 128 Å². The largest absolute Gasteiger partial charge is 0.313 e. The van der Waals surface area contributed by atoms with Gasteiger partial charge in [0.1, 0.15) is 0 Å². The van der Waals surface area contributed by atoms with Crippen LogP contribution in [0.1, 0.15) is 44.1 Å². The molecule has 1 aromatic rings. The molecule has 0 unspecified atom stereocenters. The third kappa shape index (κ3) is 5.82. The second-order valence-electron chi connectivity index (χ2n) is 6.01. The van der Waals surface area contributed by atoms with Crippen LogP contribution in [0.3, 0.4) is 0 Å². The molecule has 0 aliphatic heterocycles. The van der Waals surface area contributed by atoms with Crippen molar-refractivity contribution in [2.45, 2.75) is 51.1 Å².